The summed E-state index contributed by atoms with van der Waals surface area (Å²) in [5.41, 5.74) is 0. The van der Waals surface area contributed by atoms with Crippen LogP contribution in [-0.2, 0) is 18.0 Å². The summed E-state index contributed by atoms with van der Waals surface area (Å²) in [6, 6.07) is 0. The summed E-state index contributed by atoms with van der Waals surface area (Å²) < 4.78 is 23.8. The minimum absolute atomic E-state index is 0.0854. The maximum atomic E-state index is 6.17. The van der Waals surface area contributed by atoms with Gasteiger partial charge < -0.3 is 22.9 Å². The van der Waals surface area contributed by atoms with Gasteiger partial charge in [-0.15, -0.1) is 0 Å². The first-order valence-corrected chi connectivity index (χ1v) is 8.90. The second-order valence-electron chi connectivity index (χ2n) is 4.98. The highest BCUT2D eigenvalue weighted by molar-refractivity contribution is 6.60. The number of likely N-dealkylation sites (N-methyl/N-ethyl adjacent to an activating group) is 1. The third-order valence-electron chi connectivity index (χ3n) is 3.43. The molecule has 2 heterocycles. The Morgan fingerprint density at radius 1 is 1.33 bits per heavy atom. The second-order valence-corrected chi connectivity index (χ2v) is 7.40. The molecule has 0 radical (unpaired) electrons. The Hall–Kier alpha value is 0.0169. The second kappa shape index (κ2) is 6.45. The molecule has 0 saturated carbocycles. The summed E-state index contributed by atoms with van der Waals surface area (Å²) in [6.07, 6.45) is 1.76. The van der Waals surface area contributed by atoms with Gasteiger partial charge in [0.05, 0.1) is 12.7 Å². The van der Waals surface area contributed by atoms with E-state index in [4.69, 9.17) is 18.0 Å². The summed E-state index contributed by atoms with van der Waals surface area (Å²) in [6.45, 7) is 10.5. The molecule has 2 fully saturated rings. The zero-order chi connectivity index (χ0) is 13.0. The van der Waals surface area contributed by atoms with Crippen LogP contribution in [0.3, 0.4) is 0 Å². The van der Waals surface area contributed by atoms with Crippen LogP contribution in [0, 0.1) is 0 Å². The molecule has 2 aliphatic heterocycles. The minimum Gasteiger partial charge on any atom is -0.374 e. The lowest BCUT2D eigenvalue weighted by Gasteiger charge is -2.38. The Morgan fingerprint density at radius 2 is 2.17 bits per heavy atom. The van der Waals surface area contributed by atoms with E-state index in [1.807, 2.05) is 6.92 Å². The molecule has 3 unspecified atom stereocenters. The highest BCUT2D eigenvalue weighted by Crippen LogP contribution is 2.23. The van der Waals surface area contributed by atoms with Gasteiger partial charge >= 0.3 is 8.80 Å². The van der Waals surface area contributed by atoms with E-state index >= 15 is 0 Å². The van der Waals surface area contributed by atoms with Crippen LogP contribution < -0.4 is 0 Å². The number of hydrogen-bond acceptors (Lipinski definition) is 5. The van der Waals surface area contributed by atoms with Gasteiger partial charge in [-0.1, -0.05) is 6.92 Å². The van der Waals surface area contributed by atoms with Crippen LogP contribution in [0.25, 0.3) is 0 Å². The Labute approximate surface area is 111 Å². The molecule has 0 aromatic carbocycles. The third-order valence-corrected chi connectivity index (χ3v) is 6.17. The smallest absolute Gasteiger partial charge is 0.374 e. The first-order chi connectivity index (χ1) is 8.67. The van der Waals surface area contributed by atoms with Gasteiger partial charge in [0.25, 0.3) is 0 Å². The number of fused-ring (bicyclic) bond motifs is 2. The lowest BCUT2D eigenvalue weighted by molar-refractivity contribution is -0.0751. The van der Waals surface area contributed by atoms with Crippen LogP contribution in [0.1, 0.15) is 27.2 Å². The lowest BCUT2D eigenvalue weighted by atomic mass is 10.2. The zero-order valence-electron chi connectivity index (χ0n) is 11.7. The maximum Gasteiger partial charge on any atom is 0.528 e. The molecule has 0 amide bonds. The van der Waals surface area contributed by atoms with Crippen molar-refractivity contribution in [2.45, 2.75) is 39.4 Å². The summed E-state index contributed by atoms with van der Waals surface area (Å²) in [5.74, 6) is 0. The van der Waals surface area contributed by atoms with Crippen molar-refractivity contribution in [3.05, 3.63) is 0 Å². The van der Waals surface area contributed by atoms with Crippen molar-refractivity contribution in [2.75, 3.05) is 39.1 Å². The van der Waals surface area contributed by atoms with Gasteiger partial charge in [-0.2, -0.15) is 0 Å². The average molecular weight is 275 g/mol. The molecule has 18 heavy (non-hydrogen) atoms. The van der Waals surface area contributed by atoms with Gasteiger partial charge in [-0.25, -0.2) is 0 Å². The Morgan fingerprint density at radius 3 is 2.89 bits per heavy atom. The Bertz CT molecular complexity index is 264. The molecular formula is C12H25NO4Si. The van der Waals surface area contributed by atoms with Gasteiger partial charge in [0, 0.05) is 25.8 Å². The first-order valence-electron chi connectivity index (χ1n) is 6.97. The van der Waals surface area contributed by atoms with Crippen LogP contribution in [0.15, 0.2) is 0 Å². The van der Waals surface area contributed by atoms with E-state index in [9.17, 15) is 0 Å². The van der Waals surface area contributed by atoms with E-state index < -0.39 is 8.80 Å². The number of hydrogen-bond donors (Lipinski definition) is 0. The van der Waals surface area contributed by atoms with Crippen LogP contribution >= 0.6 is 0 Å². The average Bonchev–Trinajstić information content (AvgIpc) is 2.38. The number of ether oxygens (including phenoxy) is 1. The van der Waals surface area contributed by atoms with Gasteiger partial charge in [-0.3, -0.25) is 0 Å². The lowest BCUT2D eigenvalue weighted by Crippen LogP contribution is -2.59. The molecule has 2 rings (SSSR count). The molecule has 2 saturated heterocycles. The largest absolute Gasteiger partial charge is 0.528 e. The topological polar surface area (TPSA) is 40.2 Å². The normalized spacial score (nSPS) is 38.8. The third kappa shape index (κ3) is 3.52. The highest BCUT2D eigenvalue weighted by Gasteiger charge is 2.49. The minimum atomic E-state index is -2.60. The van der Waals surface area contributed by atoms with Crippen LogP contribution in [-0.4, -0.2) is 65.0 Å². The summed E-state index contributed by atoms with van der Waals surface area (Å²) in [4.78, 5) is 2.40. The molecule has 0 aromatic heterocycles. The van der Waals surface area contributed by atoms with E-state index in [-0.39, 0.29) is 12.2 Å². The van der Waals surface area contributed by atoms with Crippen molar-refractivity contribution >= 4 is 8.80 Å². The quantitative estimate of drug-likeness (QED) is 0.720. The van der Waals surface area contributed by atoms with Gasteiger partial charge in [0.2, 0.25) is 0 Å². The fourth-order valence-electron chi connectivity index (χ4n) is 2.52. The predicted molar refractivity (Wildman–Crippen MR) is 70.4 cm³/mol. The Kier molecular flexibility index (Phi) is 5.17. The molecule has 0 spiro atoms. The molecule has 6 heteroatoms. The van der Waals surface area contributed by atoms with E-state index in [0.717, 1.165) is 26.1 Å². The predicted octanol–water partition coefficient (Wildman–Crippen LogP) is 1.05. The molecule has 0 N–H and O–H groups in total. The molecule has 106 valence electrons. The van der Waals surface area contributed by atoms with E-state index in [1.165, 1.54) is 0 Å². The first kappa shape index (κ1) is 14.4. The maximum absolute atomic E-state index is 6.17. The molecule has 5 nitrogen and oxygen atoms in total. The van der Waals surface area contributed by atoms with E-state index in [2.05, 4.69) is 18.7 Å². The highest BCUT2D eigenvalue weighted by atomic mass is 28.4. The molecule has 0 aromatic rings. The molecule has 3 atom stereocenters. The summed E-state index contributed by atoms with van der Waals surface area (Å²) in [5, 5.41) is 0. The monoisotopic (exact) mass is 275 g/mol. The van der Waals surface area contributed by atoms with Crippen molar-refractivity contribution in [3.8, 4) is 0 Å². The standard InChI is InChI=1S/C12H25NO4Si/c1-4-13-7-6-11(3)16-18(15-5-2)10-14-9-12(8-13)17-18/h11-12H,4-10H2,1-3H3. The van der Waals surface area contributed by atoms with Crippen molar-refractivity contribution in [2.24, 2.45) is 0 Å². The van der Waals surface area contributed by atoms with Crippen LogP contribution in [0.4, 0.5) is 0 Å². The van der Waals surface area contributed by atoms with Crippen molar-refractivity contribution in [1.82, 2.24) is 4.90 Å². The van der Waals surface area contributed by atoms with Crippen LogP contribution in [0.2, 0.25) is 0 Å². The SMILES string of the molecule is CCO[Si]12COCC(CN(CC)CCC(C)O1)O2. The molecular weight excluding hydrogens is 250 g/mol. The fourth-order valence-corrected chi connectivity index (χ4v) is 5.12. The molecule has 2 aliphatic rings. The van der Waals surface area contributed by atoms with Crippen molar-refractivity contribution < 1.29 is 18.0 Å². The van der Waals surface area contributed by atoms with Crippen molar-refractivity contribution in [3.63, 3.8) is 0 Å². The van der Waals surface area contributed by atoms with Gasteiger partial charge in [0.1, 0.15) is 6.23 Å². The van der Waals surface area contributed by atoms with Crippen LogP contribution in [0.5, 0.6) is 0 Å². The Balaban J connectivity index is 2.11. The van der Waals surface area contributed by atoms with E-state index in [0.29, 0.717) is 19.4 Å². The van der Waals surface area contributed by atoms with E-state index in [1.54, 1.807) is 0 Å². The number of nitrogens with zero attached hydrogens (tertiary/aromatic N) is 1. The number of rotatable bonds is 3. The van der Waals surface area contributed by atoms with Crippen molar-refractivity contribution in [1.29, 1.82) is 0 Å². The van der Waals surface area contributed by atoms with Gasteiger partial charge in [-0.05, 0) is 26.8 Å². The van der Waals surface area contributed by atoms with Gasteiger partial charge in [0.15, 0.2) is 0 Å². The zero-order valence-corrected chi connectivity index (χ0v) is 12.7. The fraction of sp³-hybridized carbons (Fsp3) is 1.00. The summed E-state index contributed by atoms with van der Waals surface area (Å²) in [7, 11) is -2.60. The summed E-state index contributed by atoms with van der Waals surface area (Å²) >= 11 is 0. The molecule has 0 aliphatic carbocycles. The molecule has 2 bridgehead atoms.